The van der Waals surface area contributed by atoms with Crippen molar-refractivity contribution in [3.8, 4) is 5.75 Å². The van der Waals surface area contributed by atoms with Gasteiger partial charge in [-0.2, -0.15) is 0 Å². The SMILES string of the molecule is CCCOc1ccc(NC(=O)C2(c3ccccc3Cl)CCCC2)cc1Cl. The maximum Gasteiger partial charge on any atom is 0.235 e. The smallest absolute Gasteiger partial charge is 0.235 e. The first kappa shape index (κ1) is 19.1. The molecule has 1 fully saturated rings. The van der Waals surface area contributed by atoms with E-state index in [1.165, 1.54) is 0 Å². The van der Waals surface area contributed by atoms with E-state index in [-0.39, 0.29) is 5.91 Å². The monoisotopic (exact) mass is 391 g/mol. The van der Waals surface area contributed by atoms with Gasteiger partial charge in [-0.15, -0.1) is 0 Å². The Morgan fingerprint density at radius 2 is 1.85 bits per heavy atom. The average molecular weight is 392 g/mol. The Balaban J connectivity index is 1.83. The van der Waals surface area contributed by atoms with Gasteiger partial charge in [-0.05, 0) is 49.1 Å². The third-order valence-electron chi connectivity index (χ3n) is 4.93. The lowest BCUT2D eigenvalue weighted by molar-refractivity contribution is -0.121. The van der Waals surface area contributed by atoms with Gasteiger partial charge in [0.15, 0.2) is 0 Å². The van der Waals surface area contributed by atoms with Crippen LogP contribution in [0.25, 0.3) is 0 Å². The summed E-state index contributed by atoms with van der Waals surface area (Å²) in [5, 5.41) is 4.18. The molecule has 0 spiro atoms. The molecule has 0 unspecified atom stereocenters. The van der Waals surface area contributed by atoms with E-state index >= 15 is 0 Å². The summed E-state index contributed by atoms with van der Waals surface area (Å²) in [6.45, 7) is 2.65. The van der Waals surface area contributed by atoms with Crippen molar-refractivity contribution >= 4 is 34.8 Å². The topological polar surface area (TPSA) is 38.3 Å². The van der Waals surface area contributed by atoms with Crippen molar-refractivity contribution in [3.05, 3.63) is 58.1 Å². The molecule has 0 radical (unpaired) electrons. The zero-order valence-corrected chi connectivity index (χ0v) is 16.4. The Morgan fingerprint density at radius 3 is 2.50 bits per heavy atom. The number of benzene rings is 2. The van der Waals surface area contributed by atoms with E-state index in [0.29, 0.717) is 28.1 Å². The molecule has 1 aliphatic rings. The molecule has 138 valence electrons. The van der Waals surface area contributed by atoms with Gasteiger partial charge in [0.2, 0.25) is 5.91 Å². The Kier molecular flexibility index (Phi) is 6.10. The molecule has 3 nitrogen and oxygen atoms in total. The minimum Gasteiger partial charge on any atom is -0.492 e. The number of nitrogens with one attached hydrogen (secondary N) is 1. The molecular formula is C21H23Cl2NO2. The van der Waals surface area contributed by atoms with Crippen LogP contribution in [-0.4, -0.2) is 12.5 Å². The Morgan fingerprint density at radius 1 is 1.12 bits per heavy atom. The fourth-order valence-electron chi connectivity index (χ4n) is 3.60. The predicted molar refractivity (Wildman–Crippen MR) is 107 cm³/mol. The fraction of sp³-hybridized carbons (Fsp3) is 0.381. The minimum atomic E-state index is -0.581. The van der Waals surface area contributed by atoms with Crippen LogP contribution in [0.5, 0.6) is 5.75 Å². The summed E-state index contributed by atoms with van der Waals surface area (Å²) in [7, 11) is 0. The molecule has 1 aliphatic carbocycles. The molecule has 26 heavy (non-hydrogen) atoms. The predicted octanol–water partition coefficient (Wildman–Crippen LogP) is 6.23. The lowest BCUT2D eigenvalue weighted by Gasteiger charge is -2.29. The van der Waals surface area contributed by atoms with Crippen molar-refractivity contribution in [1.29, 1.82) is 0 Å². The zero-order valence-electron chi connectivity index (χ0n) is 14.9. The van der Waals surface area contributed by atoms with Crippen LogP contribution in [-0.2, 0) is 10.2 Å². The highest BCUT2D eigenvalue weighted by molar-refractivity contribution is 6.32. The molecule has 0 saturated heterocycles. The number of ether oxygens (including phenoxy) is 1. The molecule has 1 amide bonds. The first-order valence-corrected chi connectivity index (χ1v) is 9.81. The summed E-state index contributed by atoms with van der Waals surface area (Å²) in [4.78, 5) is 13.2. The maximum absolute atomic E-state index is 13.2. The Labute approximate surface area is 164 Å². The molecule has 1 N–H and O–H groups in total. The molecule has 1 saturated carbocycles. The molecule has 5 heteroatoms. The van der Waals surface area contributed by atoms with Crippen LogP contribution in [0.3, 0.4) is 0 Å². The van der Waals surface area contributed by atoms with Gasteiger partial charge in [0.1, 0.15) is 5.75 Å². The van der Waals surface area contributed by atoms with Crippen molar-refractivity contribution < 1.29 is 9.53 Å². The second-order valence-electron chi connectivity index (χ2n) is 6.72. The average Bonchev–Trinajstić information content (AvgIpc) is 3.12. The number of hydrogen-bond acceptors (Lipinski definition) is 2. The van der Waals surface area contributed by atoms with E-state index in [1.54, 1.807) is 12.1 Å². The van der Waals surface area contributed by atoms with Crippen molar-refractivity contribution in [2.45, 2.75) is 44.4 Å². The number of carbonyl (C=O) groups is 1. The molecule has 0 bridgehead atoms. The molecule has 0 atom stereocenters. The Hall–Kier alpha value is -1.71. The third-order valence-corrected chi connectivity index (χ3v) is 5.56. The first-order valence-electron chi connectivity index (χ1n) is 9.05. The van der Waals surface area contributed by atoms with E-state index in [9.17, 15) is 4.79 Å². The van der Waals surface area contributed by atoms with E-state index in [4.69, 9.17) is 27.9 Å². The van der Waals surface area contributed by atoms with Gasteiger partial charge < -0.3 is 10.1 Å². The molecular weight excluding hydrogens is 369 g/mol. The zero-order chi connectivity index (χ0) is 18.6. The van der Waals surface area contributed by atoms with Crippen LogP contribution in [0, 0.1) is 0 Å². The van der Waals surface area contributed by atoms with Crippen LogP contribution < -0.4 is 10.1 Å². The fourth-order valence-corrected chi connectivity index (χ4v) is 4.16. The Bertz CT molecular complexity index is 785. The standard InChI is InChI=1S/C21H23Cl2NO2/c1-2-13-26-19-10-9-15(14-18(19)23)24-20(25)21(11-5-6-12-21)16-7-3-4-8-17(16)22/h3-4,7-10,14H,2,5-6,11-13H2,1H3,(H,24,25). The van der Waals surface area contributed by atoms with Crippen LogP contribution >= 0.6 is 23.2 Å². The maximum atomic E-state index is 13.2. The van der Waals surface area contributed by atoms with Gasteiger partial charge in [-0.3, -0.25) is 4.79 Å². The first-order chi connectivity index (χ1) is 12.6. The summed E-state index contributed by atoms with van der Waals surface area (Å²) in [5.41, 5.74) is 0.996. The molecule has 0 aromatic heterocycles. The van der Waals surface area contributed by atoms with E-state index < -0.39 is 5.41 Å². The molecule has 0 heterocycles. The van der Waals surface area contributed by atoms with Crippen LogP contribution in [0.4, 0.5) is 5.69 Å². The largest absolute Gasteiger partial charge is 0.492 e. The van der Waals surface area contributed by atoms with Gasteiger partial charge in [0, 0.05) is 10.7 Å². The van der Waals surface area contributed by atoms with Gasteiger partial charge >= 0.3 is 0 Å². The third kappa shape index (κ3) is 3.84. The van der Waals surface area contributed by atoms with Crippen molar-refractivity contribution in [2.75, 3.05) is 11.9 Å². The molecule has 2 aromatic rings. The summed E-state index contributed by atoms with van der Waals surface area (Å²) in [5.74, 6) is 0.606. The number of amides is 1. The quantitative estimate of drug-likeness (QED) is 0.633. The van der Waals surface area contributed by atoms with Crippen LogP contribution in [0.1, 0.15) is 44.6 Å². The van der Waals surface area contributed by atoms with E-state index in [0.717, 1.165) is 37.7 Å². The minimum absolute atomic E-state index is 0.0265. The highest BCUT2D eigenvalue weighted by atomic mass is 35.5. The highest BCUT2D eigenvalue weighted by Crippen LogP contribution is 2.44. The summed E-state index contributed by atoms with van der Waals surface area (Å²) in [6, 6.07) is 13.0. The number of rotatable bonds is 6. The molecule has 2 aromatic carbocycles. The number of halogens is 2. The summed E-state index contributed by atoms with van der Waals surface area (Å²) >= 11 is 12.7. The van der Waals surface area contributed by atoms with Gasteiger partial charge in [-0.25, -0.2) is 0 Å². The number of anilines is 1. The highest BCUT2D eigenvalue weighted by Gasteiger charge is 2.43. The van der Waals surface area contributed by atoms with Crippen LogP contribution in [0.2, 0.25) is 10.0 Å². The van der Waals surface area contributed by atoms with Crippen molar-refractivity contribution in [3.63, 3.8) is 0 Å². The van der Waals surface area contributed by atoms with Gasteiger partial charge in [0.25, 0.3) is 0 Å². The normalized spacial score (nSPS) is 15.7. The molecule has 0 aliphatic heterocycles. The van der Waals surface area contributed by atoms with Gasteiger partial charge in [0.05, 0.1) is 17.0 Å². The van der Waals surface area contributed by atoms with E-state index in [2.05, 4.69) is 5.32 Å². The van der Waals surface area contributed by atoms with Crippen molar-refractivity contribution in [1.82, 2.24) is 0 Å². The van der Waals surface area contributed by atoms with Crippen LogP contribution in [0.15, 0.2) is 42.5 Å². The van der Waals surface area contributed by atoms with E-state index in [1.807, 2.05) is 37.3 Å². The second-order valence-corrected chi connectivity index (χ2v) is 7.53. The lowest BCUT2D eigenvalue weighted by Crippen LogP contribution is -2.38. The lowest BCUT2D eigenvalue weighted by atomic mass is 9.78. The van der Waals surface area contributed by atoms with Crippen molar-refractivity contribution in [2.24, 2.45) is 0 Å². The summed E-state index contributed by atoms with van der Waals surface area (Å²) < 4.78 is 5.59. The molecule has 3 rings (SSSR count). The van der Waals surface area contributed by atoms with Gasteiger partial charge in [-0.1, -0.05) is 61.2 Å². The summed E-state index contributed by atoms with van der Waals surface area (Å²) in [6.07, 6.45) is 4.55. The number of hydrogen-bond donors (Lipinski definition) is 1. The second kappa shape index (κ2) is 8.32. The number of carbonyl (C=O) groups excluding carboxylic acids is 1.